The van der Waals surface area contributed by atoms with Gasteiger partial charge in [0.25, 0.3) is 0 Å². The molecule has 1 aromatic rings. The first-order valence-corrected chi connectivity index (χ1v) is 8.97. The Morgan fingerprint density at radius 1 is 1.13 bits per heavy atom. The molecule has 0 unspecified atom stereocenters. The number of hydrogen-bond donors (Lipinski definition) is 0. The lowest BCUT2D eigenvalue weighted by Gasteiger charge is -2.19. The van der Waals surface area contributed by atoms with E-state index in [0.29, 0.717) is 12.0 Å². The zero-order valence-corrected chi connectivity index (χ0v) is 14.7. The highest BCUT2D eigenvalue weighted by Gasteiger charge is 2.36. The minimum absolute atomic E-state index is 0.0662. The first kappa shape index (κ1) is 16.3. The molecule has 1 aromatic heterocycles. The van der Waals surface area contributed by atoms with E-state index in [1.54, 1.807) is 21.1 Å². The SMILES string of the molecule is CN(C)C(=O)CN(C)C(=O)CSc1nnc(C2CC2)n1C1CC1. The van der Waals surface area contributed by atoms with E-state index < -0.39 is 0 Å². The maximum Gasteiger partial charge on any atom is 0.241 e. The quantitative estimate of drug-likeness (QED) is 0.698. The van der Waals surface area contributed by atoms with E-state index in [1.807, 2.05) is 0 Å². The molecule has 2 aliphatic rings. The van der Waals surface area contributed by atoms with Crippen molar-refractivity contribution >= 4 is 23.6 Å². The van der Waals surface area contributed by atoms with Gasteiger partial charge in [-0.1, -0.05) is 11.8 Å². The van der Waals surface area contributed by atoms with Gasteiger partial charge in [-0.3, -0.25) is 9.59 Å². The third-order valence-corrected chi connectivity index (χ3v) is 5.09. The van der Waals surface area contributed by atoms with E-state index >= 15 is 0 Å². The zero-order chi connectivity index (χ0) is 16.6. The van der Waals surface area contributed by atoms with Crippen molar-refractivity contribution in [2.75, 3.05) is 33.4 Å². The number of thioether (sulfide) groups is 1. The van der Waals surface area contributed by atoms with Gasteiger partial charge < -0.3 is 14.4 Å². The van der Waals surface area contributed by atoms with Crippen molar-refractivity contribution in [1.29, 1.82) is 0 Å². The fourth-order valence-electron chi connectivity index (χ4n) is 2.35. The Labute approximate surface area is 140 Å². The van der Waals surface area contributed by atoms with Crippen LogP contribution in [0.25, 0.3) is 0 Å². The molecule has 2 saturated carbocycles. The summed E-state index contributed by atoms with van der Waals surface area (Å²) >= 11 is 1.43. The second-order valence-corrected chi connectivity index (χ2v) is 7.49. The first-order valence-electron chi connectivity index (χ1n) is 7.99. The van der Waals surface area contributed by atoms with E-state index in [4.69, 9.17) is 0 Å². The molecule has 126 valence electrons. The molecule has 2 amide bonds. The molecule has 7 nitrogen and oxygen atoms in total. The van der Waals surface area contributed by atoms with Crippen molar-refractivity contribution in [1.82, 2.24) is 24.6 Å². The summed E-state index contributed by atoms with van der Waals surface area (Å²) < 4.78 is 2.24. The van der Waals surface area contributed by atoms with E-state index in [-0.39, 0.29) is 24.1 Å². The highest BCUT2D eigenvalue weighted by Crippen LogP contribution is 2.45. The number of carbonyl (C=O) groups is 2. The summed E-state index contributed by atoms with van der Waals surface area (Å²) in [5.74, 6) is 1.80. The van der Waals surface area contributed by atoms with E-state index in [0.717, 1.165) is 11.0 Å². The van der Waals surface area contributed by atoms with Crippen molar-refractivity contribution < 1.29 is 9.59 Å². The van der Waals surface area contributed by atoms with Gasteiger partial charge >= 0.3 is 0 Å². The van der Waals surface area contributed by atoms with Crippen molar-refractivity contribution in [2.45, 2.75) is 42.8 Å². The molecule has 3 rings (SSSR count). The van der Waals surface area contributed by atoms with Crippen LogP contribution in [0.1, 0.15) is 43.5 Å². The lowest BCUT2D eigenvalue weighted by molar-refractivity contribution is -0.136. The molecule has 0 bridgehead atoms. The molecule has 0 atom stereocenters. The molecular weight excluding hydrogens is 314 g/mol. The van der Waals surface area contributed by atoms with Crippen LogP contribution in [0, 0.1) is 0 Å². The maximum atomic E-state index is 12.2. The van der Waals surface area contributed by atoms with E-state index in [2.05, 4.69) is 14.8 Å². The predicted octanol–water partition coefficient (Wildman–Crippen LogP) is 1.13. The third kappa shape index (κ3) is 3.85. The first-order chi connectivity index (χ1) is 11.0. The van der Waals surface area contributed by atoms with Crippen LogP contribution in [0.4, 0.5) is 0 Å². The highest BCUT2D eigenvalue weighted by molar-refractivity contribution is 7.99. The minimum atomic E-state index is -0.0805. The number of carbonyl (C=O) groups excluding carboxylic acids is 2. The molecule has 1 heterocycles. The van der Waals surface area contributed by atoms with Crippen molar-refractivity contribution in [3.63, 3.8) is 0 Å². The number of nitrogens with zero attached hydrogens (tertiary/aromatic N) is 5. The smallest absolute Gasteiger partial charge is 0.241 e. The fourth-order valence-corrected chi connectivity index (χ4v) is 3.30. The highest BCUT2D eigenvalue weighted by atomic mass is 32.2. The minimum Gasteiger partial charge on any atom is -0.347 e. The predicted molar refractivity (Wildman–Crippen MR) is 87.3 cm³/mol. The molecule has 0 aromatic carbocycles. The number of hydrogen-bond acceptors (Lipinski definition) is 5. The Balaban J connectivity index is 1.58. The fraction of sp³-hybridized carbons (Fsp3) is 0.733. The van der Waals surface area contributed by atoms with E-state index in [1.165, 1.54) is 47.2 Å². The monoisotopic (exact) mass is 337 g/mol. The number of aromatic nitrogens is 3. The van der Waals surface area contributed by atoms with Gasteiger partial charge in [0.2, 0.25) is 11.8 Å². The van der Waals surface area contributed by atoms with Gasteiger partial charge in [0.05, 0.1) is 12.3 Å². The summed E-state index contributed by atoms with van der Waals surface area (Å²) in [6, 6.07) is 0.520. The average Bonchev–Trinajstić information content (AvgIpc) is 3.43. The Bertz CT molecular complexity index is 607. The summed E-state index contributed by atoms with van der Waals surface area (Å²) in [5, 5.41) is 9.47. The van der Waals surface area contributed by atoms with Crippen LogP contribution in [0.15, 0.2) is 5.16 Å². The summed E-state index contributed by atoms with van der Waals surface area (Å²) in [4.78, 5) is 26.8. The third-order valence-electron chi connectivity index (χ3n) is 4.17. The Morgan fingerprint density at radius 3 is 2.39 bits per heavy atom. The van der Waals surface area contributed by atoms with Crippen LogP contribution < -0.4 is 0 Å². The van der Waals surface area contributed by atoms with Gasteiger partial charge in [-0.25, -0.2) is 0 Å². The lowest BCUT2D eigenvalue weighted by atomic mass is 10.4. The van der Waals surface area contributed by atoms with Crippen molar-refractivity contribution in [3.8, 4) is 0 Å². The van der Waals surface area contributed by atoms with Crippen LogP contribution in [0.2, 0.25) is 0 Å². The largest absolute Gasteiger partial charge is 0.347 e. The summed E-state index contributed by atoms with van der Waals surface area (Å²) in [7, 11) is 5.03. The topological polar surface area (TPSA) is 71.3 Å². The van der Waals surface area contributed by atoms with Gasteiger partial charge in [0, 0.05) is 33.1 Å². The molecule has 8 heteroatoms. The molecule has 2 aliphatic carbocycles. The molecule has 2 fully saturated rings. The van der Waals surface area contributed by atoms with Crippen molar-refractivity contribution in [3.05, 3.63) is 5.82 Å². The summed E-state index contributed by atoms with van der Waals surface area (Å²) in [6.07, 6.45) is 4.75. The van der Waals surface area contributed by atoms with Gasteiger partial charge in [-0.05, 0) is 25.7 Å². The Morgan fingerprint density at radius 2 is 1.83 bits per heavy atom. The van der Waals surface area contributed by atoms with Crippen molar-refractivity contribution in [2.24, 2.45) is 0 Å². The van der Waals surface area contributed by atoms with Gasteiger partial charge in [0.1, 0.15) is 5.82 Å². The van der Waals surface area contributed by atoms with Gasteiger partial charge in [-0.15, -0.1) is 10.2 Å². The number of likely N-dealkylation sites (N-methyl/N-ethyl adjacent to an activating group) is 2. The van der Waals surface area contributed by atoms with Gasteiger partial charge in [0.15, 0.2) is 5.16 Å². The molecule has 0 saturated heterocycles. The van der Waals surface area contributed by atoms with E-state index in [9.17, 15) is 9.59 Å². The van der Waals surface area contributed by atoms with Crippen LogP contribution in [-0.4, -0.2) is 69.8 Å². The lowest BCUT2D eigenvalue weighted by Crippen LogP contribution is -2.38. The Hall–Kier alpha value is -1.57. The number of rotatable bonds is 7. The number of amides is 2. The van der Waals surface area contributed by atoms with Crippen LogP contribution in [-0.2, 0) is 9.59 Å². The average molecular weight is 337 g/mol. The molecule has 0 spiro atoms. The van der Waals surface area contributed by atoms with Gasteiger partial charge in [-0.2, -0.15) is 0 Å². The standard InChI is InChI=1S/C15H23N5O2S/c1-18(2)12(21)8-19(3)13(22)9-23-15-17-16-14(10-4-5-10)20(15)11-6-7-11/h10-11H,4-9H2,1-3H3. The second kappa shape index (κ2) is 6.51. The molecular formula is C15H23N5O2S. The van der Waals surface area contributed by atoms with Crippen LogP contribution in [0.3, 0.4) is 0 Å². The van der Waals surface area contributed by atoms with Crippen LogP contribution in [0.5, 0.6) is 0 Å². The summed E-state index contributed by atoms with van der Waals surface area (Å²) in [5.41, 5.74) is 0. The normalized spacial score (nSPS) is 17.2. The molecule has 23 heavy (non-hydrogen) atoms. The zero-order valence-electron chi connectivity index (χ0n) is 13.9. The molecule has 0 aliphatic heterocycles. The molecule has 0 N–H and O–H groups in total. The van der Waals surface area contributed by atoms with Crippen LogP contribution >= 0.6 is 11.8 Å². The molecule has 0 radical (unpaired) electrons. The second-order valence-electron chi connectivity index (χ2n) is 6.54. The maximum absolute atomic E-state index is 12.2. The Kier molecular flexibility index (Phi) is 4.61. The summed E-state index contributed by atoms with van der Waals surface area (Å²) in [6.45, 7) is 0.106.